The van der Waals surface area contributed by atoms with Crippen molar-refractivity contribution in [1.82, 2.24) is 31.9 Å². The third-order valence-corrected chi connectivity index (χ3v) is 21.7. The van der Waals surface area contributed by atoms with Crippen molar-refractivity contribution in [2.45, 2.75) is 192 Å². The number of hydrogen-bond acceptors (Lipinski definition) is 32. The van der Waals surface area contributed by atoms with Crippen LogP contribution in [0, 0.1) is 0 Å². The lowest BCUT2D eigenvalue weighted by molar-refractivity contribution is -0.354. The van der Waals surface area contributed by atoms with Crippen molar-refractivity contribution in [3.63, 3.8) is 0 Å². The molecule has 5 saturated heterocycles. The Morgan fingerprint density at radius 2 is 1.19 bits per heavy atom. The van der Waals surface area contributed by atoms with Gasteiger partial charge in [-0.3, -0.25) is 24.0 Å². The number of rotatable bonds is 14. The topological polar surface area (TPSA) is 591 Å². The normalized spacial score (nSPS) is 34.4. The highest BCUT2D eigenvalue weighted by Gasteiger charge is 2.54. The van der Waals surface area contributed by atoms with Gasteiger partial charge in [-0.25, -0.2) is 9.59 Å². The van der Waals surface area contributed by atoms with E-state index in [1.54, 1.807) is 37.3 Å². The van der Waals surface area contributed by atoms with Crippen molar-refractivity contribution in [3.05, 3.63) is 154 Å². The quantitative estimate of drug-likeness (QED) is 0.0584. The predicted octanol–water partition coefficient (Wildman–Crippen LogP) is -1.59. The molecule has 5 fully saturated rings. The molecule has 0 aliphatic carbocycles. The molecule has 10 heterocycles. The van der Waals surface area contributed by atoms with Crippen LogP contribution >= 0.6 is 11.6 Å². The van der Waals surface area contributed by atoms with Gasteiger partial charge < -0.3 is 161 Å². The highest BCUT2D eigenvalue weighted by atomic mass is 35.5. The number of nitrogens with two attached hydrogens (primary N) is 1. The molecule has 0 saturated carbocycles. The third kappa shape index (κ3) is 16.9. The predicted molar refractivity (Wildman–Crippen MR) is 392 cm³/mol. The number of halogens is 1. The number of benzene rings is 6. The molecule has 0 unspecified atom stereocenters. The Kier molecular flexibility index (Phi) is 24.5. The molecule has 6 aromatic rings. The highest BCUT2D eigenvalue weighted by Crippen LogP contribution is 2.50. The zero-order valence-corrected chi connectivity index (χ0v) is 62.7. The third-order valence-electron chi connectivity index (χ3n) is 21.4. The van der Waals surface area contributed by atoms with Gasteiger partial charge in [0.25, 0.3) is 0 Å². The Bertz CT molecular complexity index is 4720. The summed E-state index contributed by atoms with van der Waals surface area (Å²) in [4.78, 5) is 107. The van der Waals surface area contributed by atoms with Crippen LogP contribution in [0.5, 0.6) is 46.0 Å². The number of phenolic OH excluding ortho intramolecular Hbond substituents is 2. The Labute approximate surface area is 667 Å². The maximum atomic E-state index is 16.7. The van der Waals surface area contributed by atoms with E-state index in [2.05, 4.69) is 31.9 Å². The number of aliphatic hydroxyl groups excluding tert-OH is 10. The van der Waals surface area contributed by atoms with Gasteiger partial charge in [-0.2, -0.15) is 0 Å². The first-order valence-corrected chi connectivity index (χ1v) is 37.4. The van der Waals surface area contributed by atoms with Gasteiger partial charge in [0, 0.05) is 48.8 Å². The van der Waals surface area contributed by atoms with Crippen LogP contribution in [0.2, 0.25) is 5.02 Å². The Hall–Kier alpha value is -10.2. The van der Waals surface area contributed by atoms with Crippen LogP contribution in [-0.2, 0) is 73.1 Å². The van der Waals surface area contributed by atoms with Crippen LogP contribution in [0.1, 0.15) is 84.0 Å². The van der Waals surface area contributed by atoms with Crippen molar-refractivity contribution >= 4 is 53.2 Å². The minimum absolute atomic E-state index is 0.142. The lowest BCUT2D eigenvalue weighted by Gasteiger charge is -2.45. The molecule has 21 N–H and O–H groups in total. The summed E-state index contributed by atoms with van der Waals surface area (Å²) in [6.07, 6.45) is -37.1. The molecule has 16 rings (SSSR count). The fourth-order valence-electron chi connectivity index (χ4n) is 15.3. The minimum Gasteiger partial charge on any atom is -0.508 e. The van der Waals surface area contributed by atoms with Gasteiger partial charge in [0.1, 0.15) is 120 Å². The summed E-state index contributed by atoms with van der Waals surface area (Å²) in [6.45, 7) is 0.923. The van der Waals surface area contributed by atoms with Crippen molar-refractivity contribution in [3.8, 4) is 57.1 Å². The van der Waals surface area contributed by atoms with Crippen LogP contribution < -0.4 is 56.6 Å². The molecule has 0 aromatic heterocycles. The van der Waals surface area contributed by atoms with Crippen molar-refractivity contribution in [2.75, 3.05) is 20.3 Å². The number of carboxylic acids is 1. The smallest absolute Gasteiger partial charge is 0.408 e. The Morgan fingerprint density at radius 1 is 0.556 bits per heavy atom. The maximum Gasteiger partial charge on any atom is 0.408 e. The lowest BCUT2D eigenvalue weighted by atomic mass is 9.89. The van der Waals surface area contributed by atoms with Crippen molar-refractivity contribution < 1.29 is 157 Å². The number of aliphatic carboxylic acids is 1. The molecule has 117 heavy (non-hydrogen) atoms. The first kappa shape index (κ1) is 83.3. The molecule has 10 aliphatic rings. The standard InChI is InChI=1S/C77H84ClN7O32/c1-27-55(90)58(93)61(96)74(108-27)116-67-60(95)57(92)47(26-87)113-76(67)115-66-44-20-33-21-45(66)110-42-16-12-32(19-38(42)78)65(114-48-24-39(79)63(106-3)28(2)107-48)53-72(102)83-52(73(103)104)37-22-34(88)23-43(111-75-62(97)59(94)56(91)46(25-86)112-75)49(37)36-18-31(11-15-41(36)89)50(69(99)84-53)82-70(100)51(33)81-68(98)40(17-29-7-5-4-6-8-29)80-71(101)54-64(117-77(105)85-54)30-9-13-35(109-44)14-10-30/h4-16,18-23,27-28,39-40,46-48,50-65,67,74-76,86-97H,17,24-26,79H2,1-3H3,(H,80,101)(H,81,98)(H,82,100)(H,83,102)(H,84,99)(H,85,105)(H,103,104)/t27-,28-,39-,40-,46+,47+,48-,50+,51+,52-,53-,54+,55-,56+,57+,58+,59-,60-,61+,62-,63-,64+,65+,67+,74-,75-,76-/m0/s1. The van der Waals surface area contributed by atoms with E-state index in [4.69, 9.17) is 74.2 Å². The van der Waals surface area contributed by atoms with Gasteiger partial charge in [-0.1, -0.05) is 66.2 Å². The number of nitrogens with one attached hydrogen (secondary N) is 6. The number of carbonyl (C=O) groups is 7. The van der Waals surface area contributed by atoms with Gasteiger partial charge in [-0.15, -0.1) is 0 Å². The number of fused-ring (bicyclic) bond motifs is 13. The lowest BCUT2D eigenvalue weighted by Crippen LogP contribution is -2.64. The van der Waals surface area contributed by atoms with Gasteiger partial charge in [-0.05, 0) is 96.3 Å². The molecule has 0 radical (unpaired) electrons. The molecule has 40 heteroatoms. The SMILES string of the molecule is CO[C@H]1[C@H](C)O[C@@H](O[C@@H]2c3ccc(c(Cl)c3)Oc3cc4cc(c3O[C@@H]3O[C@H](CO)[C@@H](O)[C@H](O)[C@H]3O[C@@H]3O[C@@H](C)[C@H](O)[C@@H](O)[C@H]3O)Oc3ccc(cc3)[C@H]3OC(=O)N[C@H]3C(=O)N[C@@H](Cc3ccccc3)C(=O)N[C@H]4C(=O)N[C@H]3C(=O)N[C@@H]2C(=O)N[C@H](C(=O)O)c2cc(O)cc(O[C@H]4O[C@H](CO)[C@@H](O)[C@H](O)[C@@H]4O)c2-c2cc3ccc2O)C[C@@H]1N. The van der Waals surface area contributed by atoms with E-state index in [9.17, 15) is 80.8 Å². The summed E-state index contributed by atoms with van der Waals surface area (Å²) in [7, 11) is 1.38. The number of aliphatic hydroxyl groups is 10. The molecule has 626 valence electrons. The summed E-state index contributed by atoms with van der Waals surface area (Å²) in [5.74, 6) is -12.9. The van der Waals surface area contributed by atoms with E-state index in [-0.39, 0.29) is 35.5 Å². The number of alkyl carbamates (subject to hydrolysis) is 1. The Balaban J connectivity index is 1.01. The summed E-state index contributed by atoms with van der Waals surface area (Å²) in [5.41, 5.74) is 4.60. The highest BCUT2D eigenvalue weighted by molar-refractivity contribution is 6.32. The second kappa shape index (κ2) is 34.4. The number of phenols is 2. The largest absolute Gasteiger partial charge is 0.508 e. The van der Waals surface area contributed by atoms with Crippen molar-refractivity contribution in [1.29, 1.82) is 0 Å². The second-order valence-corrected chi connectivity index (χ2v) is 29.6. The number of methoxy groups -OCH3 is 1. The van der Waals surface area contributed by atoms with Crippen molar-refractivity contribution in [2.24, 2.45) is 5.73 Å². The average molecular weight is 1650 g/mol. The average Bonchev–Trinajstić information content (AvgIpc) is 1.49. The zero-order valence-electron chi connectivity index (χ0n) is 61.9. The van der Waals surface area contributed by atoms with Crippen LogP contribution in [0.25, 0.3) is 11.1 Å². The Morgan fingerprint density at radius 3 is 1.87 bits per heavy atom. The molecular formula is C77H84ClN7O32. The van der Waals surface area contributed by atoms with Crippen LogP contribution in [0.15, 0.2) is 115 Å². The monoisotopic (exact) mass is 1650 g/mol. The van der Waals surface area contributed by atoms with E-state index in [0.29, 0.717) is 5.56 Å². The van der Waals surface area contributed by atoms with E-state index < -0.39 is 287 Å². The molecule has 6 aromatic carbocycles. The van der Waals surface area contributed by atoms with Crippen LogP contribution in [0.3, 0.4) is 0 Å². The molecule has 27 atom stereocenters. The first-order chi connectivity index (χ1) is 55.9. The van der Waals surface area contributed by atoms with E-state index in [1.165, 1.54) is 56.5 Å². The molecule has 0 spiro atoms. The maximum absolute atomic E-state index is 16.7. The minimum atomic E-state index is -2.41. The number of aromatic hydroxyl groups is 2. The molecular weight excluding hydrogens is 1570 g/mol. The summed E-state index contributed by atoms with van der Waals surface area (Å²) < 4.78 is 74.6. The summed E-state index contributed by atoms with van der Waals surface area (Å²) in [6, 6.07) is 10.9. The first-order valence-electron chi connectivity index (χ1n) is 37.0. The summed E-state index contributed by atoms with van der Waals surface area (Å²) >= 11 is 7.41. The fraction of sp³-hybridized carbons (Fsp3) is 0.442. The number of hydrogen-bond donors (Lipinski definition) is 20. The molecule has 10 aliphatic heterocycles. The summed E-state index contributed by atoms with van der Waals surface area (Å²) in [5, 5.41) is 161. The number of amides is 6. The van der Waals surface area contributed by atoms with Gasteiger partial charge in [0.05, 0.1) is 36.5 Å². The van der Waals surface area contributed by atoms with E-state index >= 15 is 19.2 Å². The van der Waals surface area contributed by atoms with Gasteiger partial charge in [0.15, 0.2) is 48.4 Å². The van der Waals surface area contributed by atoms with E-state index in [0.717, 1.165) is 42.5 Å². The van der Waals surface area contributed by atoms with Crippen LogP contribution in [-0.4, -0.2) is 263 Å². The molecule has 6 amide bonds. The van der Waals surface area contributed by atoms with E-state index in [1.807, 2.05) is 0 Å². The van der Waals surface area contributed by atoms with Gasteiger partial charge in [0.2, 0.25) is 47.9 Å². The fourth-order valence-corrected chi connectivity index (χ4v) is 15.5. The van der Waals surface area contributed by atoms with Gasteiger partial charge >= 0.3 is 12.1 Å². The zero-order chi connectivity index (χ0) is 83.4. The second-order valence-electron chi connectivity index (χ2n) is 29.2. The molecule has 11 bridgehead atoms. The molecule has 39 nitrogen and oxygen atoms in total. The number of ether oxygens (including phenoxy) is 12. The number of carbonyl (C=O) groups excluding carboxylic acids is 6. The van der Waals surface area contributed by atoms with Crippen LogP contribution in [0.4, 0.5) is 4.79 Å². The number of carboxylic acid groups (broad SMARTS) is 1.